The van der Waals surface area contributed by atoms with E-state index in [0.29, 0.717) is 19.6 Å². The van der Waals surface area contributed by atoms with Crippen LogP contribution in [-0.2, 0) is 9.53 Å². The molecule has 0 saturated carbocycles. The van der Waals surface area contributed by atoms with Gasteiger partial charge in [0.15, 0.2) is 0 Å². The Labute approximate surface area is 55.2 Å². The zero-order valence-electron chi connectivity index (χ0n) is 5.30. The minimum atomic E-state index is 0.346. The molecule has 0 aromatic rings. The van der Waals surface area contributed by atoms with E-state index in [1.165, 1.54) is 0 Å². The fourth-order valence-corrected chi connectivity index (χ4v) is 0.400. The molecule has 0 spiro atoms. The Balaban J connectivity index is 2.76. The molecule has 0 radical (unpaired) electrons. The standard InChI is InChI=1S/C7H10O2/c1-2-6-9-7-4-3-5-8/h1,5H,3-4,6-7H2. The summed E-state index contributed by atoms with van der Waals surface area (Å²) in [5.41, 5.74) is 0. The minimum absolute atomic E-state index is 0.346. The van der Waals surface area contributed by atoms with E-state index >= 15 is 0 Å². The van der Waals surface area contributed by atoms with Crippen LogP contribution in [-0.4, -0.2) is 19.5 Å². The zero-order chi connectivity index (χ0) is 6.95. The molecule has 50 valence electrons. The number of hydrogen-bond acceptors (Lipinski definition) is 2. The molecule has 0 aromatic heterocycles. The Morgan fingerprint density at radius 3 is 3.00 bits per heavy atom. The number of carbonyl (C=O) groups is 1. The van der Waals surface area contributed by atoms with Crippen LogP contribution in [0.3, 0.4) is 0 Å². The van der Waals surface area contributed by atoms with E-state index in [9.17, 15) is 4.79 Å². The number of rotatable bonds is 5. The average Bonchev–Trinajstić information content (AvgIpc) is 1.89. The summed E-state index contributed by atoms with van der Waals surface area (Å²) in [6.45, 7) is 0.932. The van der Waals surface area contributed by atoms with E-state index in [1.807, 2.05) is 0 Å². The topological polar surface area (TPSA) is 26.3 Å². The molecule has 0 unspecified atom stereocenters. The smallest absolute Gasteiger partial charge is 0.120 e. The van der Waals surface area contributed by atoms with Crippen molar-refractivity contribution in [2.24, 2.45) is 0 Å². The molecule has 0 amide bonds. The number of hydrogen-bond donors (Lipinski definition) is 0. The molecule has 0 bridgehead atoms. The summed E-state index contributed by atoms with van der Waals surface area (Å²) >= 11 is 0. The monoisotopic (exact) mass is 126 g/mol. The average molecular weight is 126 g/mol. The first-order valence-corrected chi connectivity index (χ1v) is 2.86. The quantitative estimate of drug-likeness (QED) is 0.306. The largest absolute Gasteiger partial charge is 0.369 e. The third-order valence-corrected chi connectivity index (χ3v) is 0.796. The molecular weight excluding hydrogens is 116 g/mol. The van der Waals surface area contributed by atoms with Gasteiger partial charge in [-0.2, -0.15) is 0 Å². The maximum atomic E-state index is 9.74. The fourth-order valence-electron chi connectivity index (χ4n) is 0.400. The van der Waals surface area contributed by atoms with Gasteiger partial charge in [0.1, 0.15) is 12.9 Å². The highest BCUT2D eigenvalue weighted by molar-refractivity contribution is 5.48. The Bertz CT molecular complexity index is 102. The third-order valence-electron chi connectivity index (χ3n) is 0.796. The van der Waals surface area contributed by atoms with Crippen LogP contribution in [0.4, 0.5) is 0 Å². The SMILES string of the molecule is C#CCOCCCC=O. The summed E-state index contributed by atoms with van der Waals surface area (Å²) in [6, 6.07) is 0. The number of terminal acetylenes is 1. The van der Waals surface area contributed by atoms with E-state index in [-0.39, 0.29) is 0 Å². The molecule has 2 nitrogen and oxygen atoms in total. The van der Waals surface area contributed by atoms with Gasteiger partial charge in [0.05, 0.1) is 0 Å². The third kappa shape index (κ3) is 7.19. The molecule has 0 aliphatic carbocycles. The van der Waals surface area contributed by atoms with Crippen molar-refractivity contribution in [3.63, 3.8) is 0 Å². The van der Waals surface area contributed by atoms with Crippen LogP contribution >= 0.6 is 0 Å². The Hall–Kier alpha value is -0.810. The summed E-state index contributed by atoms with van der Waals surface area (Å²) in [7, 11) is 0. The van der Waals surface area contributed by atoms with Crippen molar-refractivity contribution in [2.45, 2.75) is 12.8 Å². The lowest BCUT2D eigenvalue weighted by atomic mass is 10.3. The van der Waals surface area contributed by atoms with Gasteiger partial charge in [0, 0.05) is 13.0 Å². The molecule has 0 aliphatic rings. The molecule has 9 heavy (non-hydrogen) atoms. The van der Waals surface area contributed by atoms with E-state index < -0.39 is 0 Å². The van der Waals surface area contributed by atoms with Gasteiger partial charge in [-0.25, -0.2) is 0 Å². The highest BCUT2D eigenvalue weighted by Crippen LogP contribution is 1.84. The Kier molecular flexibility index (Phi) is 6.54. The van der Waals surface area contributed by atoms with E-state index in [2.05, 4.69) is 5.92 Å². The molecule has 2 heteroatoms. The lowest BCUT2D eigenvalue weighted by Crippen LogP contribution is -1.94. The van der Waals surface area contributed by atoms with Gasteiger partial charge in [0.2, 0.25) is 0 Å². The van der Waals surface area contributed by atoms with Crippen molar-refractivity contribution in [3.05, 3.63) is 0 Å². The molecule has 0 aliphatic heterocycles. The number of aldehydes is 1. The summed E-state index contributed by atoms with van der Waals surface area (Å²) in [4.78, 5) is 9.74. The van der Waals surface area contributed by atoms with Crippen LogP contribution in [0.1, 0.15) is 12.8 Å². The molecule has 0 heterocycles. The zero-order valence-corrected chi connectivity index (χ0v) is 5.30. The lowest BCUT2D eigenvalue weighted by molar-refractivity contribution is -0.108. The summed E-state index contributed by atoms with van der Waals surface area (Å²) in [6.07, 6.45) is 7.10. The van der Waals surface area contributed by atoms with Gasteiger partial charge in [-0.15, -0.1) is 6.42 Å². The van der Waals surface area contributed by atoms with Crippen molar-refractivity contribution in [1.82, 2.24) is 0 Å². The highest BCUT2D eigenvalue weighted by atomic mass is 16.5. The second-order valence-corrected chi connectivity index (χ2v) is 1.57. The second-order valence-electron chi connectivity index (χ2n) is 1.57. The predicted octanol–water partition coefficient (Wildman–Crippen LogP) is 0.615. The second kappa shape index (κ2) is 7.19. The molecule has 0 saturated heterocycles. The normalized spacial score (nSPS) is 8.33. The first-order chi connectivity index (χ1) is 4.41. The maximum absolute atomic E-state index is 9.74. The van der Waals surface area contributed by atoms with Crippen LogP contribution in [0.15, 0.2) is 0 Å². The van der Waals surface area contributed by atoms with Gasteiger partial charge >= 0.3 is 0 Å². The maximum Gasteiger partial charge on any atom is 0.120 e. The van der Waals surface area contributed by atoms with E-state index in [4.69, 9.17) is 11.2 Å². The Morgan fingerprint density at radius 1 is 1.67 bits per heavy atom. The highest BCUT2D eigenvalue weighted by Gasteiger charge is 1.83. The summed E-state index contributed by atoms with van der Waals surface area (Å²) < 4.78 is 4.89. The first-order valence-electron chi connectivity index (χ1n) is 2.86. The van der Waals surface area contributed by atoms with Gasteiger partial charge in [0.25, 0.3) is 0 Å². The van der Waals surface area contributed by atoms with Crippen molar-refractivity contribution in [3.8, 4) is 12.3 Å². The molecule has 0 atom stereocenters. The minimum Gasteiger partial charge on any atom is -0.369 e. The van der Waals surface area contributed by atoms with Gasteiger partial charge in [-0.3, -0.25) is 0 Å². The number of ether oxygens (including phenoxy) is 1. The van der Waals surface area contributed by atoms with Crippen LogP contribution in [0.5, 0.6) is 0 Å². The van der Waals surface area contributed by atoms with Gasteiger partial charge in [-0.1, -0.05) is 5.92 Å². The van der Waals surface area contributed by atoms with Gasteiger partial charge in [-0.05, 0) is 6.42 Å². The number of unbranched alkanes of at least 4 members (excludes halogenated alkanes) is 1. The lowest BCUT2D eigenvalue weighted by Gasteiger charge is -1.94. The molecule has 0 aromatic carbocycles. The van der Waals surface area contributed by atoms with Crippen molar-refractivity contribution in [1.29, 1.82) is 0 Å². The summed E-state index contributed by atoms with van der Waals surface area (Å²) in [5, 5.41) is 0. The first kappa shape index (κ1) is 8.19. The van der Waals surface area contributed by atoms with Crippen molar-refractivity contribution in [2.75, 3.05) is 13.2 Å². The molecule has 0 rings (SSSR count). The van der Waals surface area contributed by atoms with Crippen molar-refractivity contribution >= 4 is 6.29 Å². The van der Waals surface area contributed by atoms with E-state index in [1.54, 1.807) is 0 Å². The predicted molar refractivity (Wildman–Crippen MR) is 34.9 cm³/mol. The van der Waals surface area contributed by atoms with Crippen LogP contribution in [0.25, 0.3) is 0 Å². The van der Waals surface area contributed by atoms with Crippen LogP contribution < -0.4 is 0 Å². The molecular formula is C7H10O2. The van der Waals surface area contributed by atoms with Crippen LogP contribution in [0, 0.1) is 12.3 Å². The van der Waals surface area contributed by atoms with Gasteiger partial charge < -0.3 is 9.53 Å². The van der Waals surface area contributed by atoms with Crippen LogP contribution in [0.2, 0.25) is 0 Å². The van der Waals surface area contributed by atoms with E-state index in [0.717, 1.165) is 12.7 Å². The molecule has 0 fully saturated rings. The fraction of sp³-hybridized carbons (Fsp3) is 0.571. The summed E-state index contributed by atoms with van der Waals surface area (Å²) in [5.74, 6) is 2.33. The Morgan fingerprint density at radius 2 is 2.44 bits per heavy atom. The number of carbonyl (C=O) groups excluding carboxylic acids is 1. The molecule has 0 N–H and O–H groups in total. The van der Waals surface area contributed by atoms with Crippen molar-refractivity contribution < 1.29 is 9.53 Å².